The van der Waals surface area contributed by atoms with Gasteiger partial charge in [-0.25, -0.2) is 0 Å². The van der Waals surface area contributed by atoms with E-state index < -0.39 is 0 Å². The minimum absolute atomic E-state index is 0.501. The number of carbonyl (C=O) groups is 1. The fraction of sp³-hybridized carbons (Fsp3) is 0.219. The van der Waals surface area contributed by atoms with Gasteiger partial charge in [0, 0.05) is 5.56 Å². The average molecular weight is 465 g/mol. The Hall–Kier alpha value is -3.85. The normalized spacial score (nSPS) is 10.7. The Bertz CT molecular complexity index is 1200. The van der Waals surface area contributed by atoms with Crippen LogP contribution in [0.3, 0.4) is 0 Å². The zero-order valence-electron chi connectivity index (χ0n) is 20.3. The minimum atomic E-state index is 0.501. The molecule has 0 fully saturated rings. The molecule has 4 aromatic carbocycles. The fourth-order valence-electron chi connectivity index (χ4n) is 3.95. The van der Waals surface area contributed by atoms with Gasteiger partial charge in [0.15, 0.2) is 0 Å². The van der Waals surface area contributed by atoms with Gasteiger partial charge in [-0.15, -0.1) is 0 Å². The number of unbranched alkanes of at least 4 members (excludes halogenated alkanes) is 1. The van der Waals surface area contributed by atoms with Crippen LogP contribution in [-0.2, 0) is 26.1 Å². The van der Waals surface area contributed by atoms with Crippen LogP contribution in [0.1, 0.15) is 57.9 Å². The number of carbonyl (C=O) groups excluding carboxylic acids is 1. The van der Waals surface area contributed by atoms with Gasteiger partial charge in [0.25, 0.3) is 0 Å². The highest BCUT2D eigenvalue weighted by atomic mass is 16.5. The molecule has 4 rings (SSSR count). The van der Waals surface area contributed by atoms with E-state index in [0.717, 1.165) is 46.5 Å². The van der Waals surface area contributed by atoms with E-state index in [0.29, 0.717) is 25.2 Å². The van der Waals surface area contributed by atoms with Crippen molar-refractivity contribution in [1.82, 2.24) is 0 Å². The molecule has 0 unspecified atom stereocenters. The highest BCUT2D eigenvalue weighted by Crippen LogP contribution is 2.23. The van der Waals surface area contributed by atoms with Crippen LogP contribution in [0.25, 0.3) is 0 Å². The first-order valence-corrected chi connectivity index (χ1v) is 12.3. The van der Waals surface area contributed by atoms with Crippen LogP contribution in [-0.4, -0.2) is 6.29 Å². The largest absolute Gasteiger partial charge is 0.489 e. The monoisotopic (exact) mass is 464 g/mol. The molecule has 0 aromatic heterocycles. The molecule has 3 nitrogen and oxygen atoms in total. The Kier molecular flexibility index (Phi) is 8.72. The molecule has 0 N–H and O–H groups in total. The first-order valence-electron chi connectivity index (χ1n) is 12.3. The standard InChI is InChI=1S/C32H32O3/c1-2-3-7-25-10-12-28(13-11-25)24-35-32-19-16-29(22-33)30(21-32)20-26-14-17-31(18-15-26)34-23-27-8-5-4-6-9-27/h4-6,8-19,21-22H,2-3,7,20,23-24H2,1H3. The van der Waals surface area contributed by atoms with Crippen LogP contribution in [0.2, 0.25) is 0 Å². The van der Waals surface area contributed by atoms with Gasteiger partial charge in [0.05, 0.1) is 0 Å². The number of hydrogen-bond acceptors (Lipinski definition) is 3. The van der Waals surface area contributed by atoms with E-state index in [-0.39, 0.29) is 0 Å². The van der Waals surface area contributed by atoms with E-state index in [4.69, 9.17) is 9.47 Å². The van der Waals surface area contributed by atoms with Crippen LogP contribution in [0.15, 0.2) is 97.1 Å². The molecule has 178 valence electrons. The predicted octanol–water partition coefficient (Wildman–Crippen LogP) is 7.59. The molecule has 0 bridgehead atoms. The third kappa shape index (κ3) is 7.31. The SMILES string of the molecule is CCCCc1ccc(COc2ccc(C=O)c(Cc3ccc(OCc4ccccc4)cc3)c2)cc1. The summed E-state index contributed by atoms with van der Waals surface area (Å²) >= 11 is 0. The summed E-state index contributed by atoms with van der Waals surface area (Å²) < 4.78 is 11.9. The van der Waals surface area contributed by atoms with Gasteiger partial charge in [-0.2, -0.15) is 0 Å². The highest BCUT2D eigenvalue weighted by Gasteiger charge is 2.07. The van der Waals surface area contributed by atoms with Gasteiger partial charge in [-0.05, 0) is 77.4 Å². The quantitative estimate of drug-likeness (QED) is 0.203. The molecule has 3 heteroatoms. The minimum Gasteiger partial charge on any atom is -0.489 e. The molecular weight excluding hydrogens is 432 g/mol. The van der Waals surface area contributed by atoms with Gasteiger partial charge in [0.2, 0.25) is 0 Å². The first kappa shape index (κ1) is 24.3. The van der Waals surface area contributed by atoms with Crippen molar-refractivity contribution in [3.8, 4) is 11.5 Å². The van der Waals surface area contributed by atoms with E-state index in [1.807, 2.05) is 72.8 Å². The molecule has 0 aliphatic rings. The van der Waals surface area contributed by atoms with E-state index in [9.17, 15) is 4.79 Å². The van der Waals surface area contributed by atoms with E-state index in [2.05, 4.69) is 31.2 Å². The third-order valence-corrected chi connectivity index (χ3v) is 6.06. The molecule has 0 heterocycles. The van der Waals surface area contributed by atoms with Crippen molar-refractivity contribution in [2.24, 2.45) is 0 Å². The number of aryl methyl sites for hydroxylation is 1. The predicted molar refractivity (Wildman–Crippen MR) is 141 cm³/mol. The second-order valence-corrected chi connectivity index (χ2v) is 8.78. The van der Waals surface area contributed by atoms with Crippen molar-refractivity contribution >= 4 is 6.29 Å². The van der Waals surface area contributed by atoms with E-state index in [1.54, 1.807) is 0 Å². The topological polar surface area (TPSA) is 35.5 Å². The zero-order valence-corrected chi connectivity index (χ0v) is 20.3. The maximum Gasteiger partial charge on any atom is 0.150 e. The van der Waals surface area contributed by atoms with Crippen molar-refractivity contribution in [2.75, 3.05) is 0 Å². The maximum absolute atomic E-state index is 11.6. The van der Waals surface area contributed by atoms with Crippen molar-refractivity contribution < 1.29 is 14.3 Å². The summed E-state index contributed by atoms with van der Waals surface area (Å²) in [4.78, 5) is 11.6. The lowest BCUT2D eigenvalue weighted by molar-refractivity contribution is 0.112. The summed E-state index contributed by atoms with van der Waals surface area (Å²) in [6.07, 6.45) is 5.09. The Balaban J connectivity index is 1.36. The third-order valence-electron chi connectivity index (χ3n) is 6.06. The number of aldehydes is 1. The molecule has 0 spiro atoms. The van der Waals surface area contributed by atoms with Crippen molar-refractivity contribution in [1.29, 1.82) is 0 Å². The van der Waals surface area contributed by atoms with Gasteiger partial charge in [-0.3, -0.25) is 4.79 Å². The van der Waals surface area contributed by atoms with E-state index >= 15 is 0 Å². The number of hydrogen-bond donors (Lipinski definition) is 0. The van der Waals surface area contributed by atoms with Crippen LogP contribution in [0.4, 0.5) is 0 Å². The van der Waals surface area contributed by atoms with Gasteiger partial charge in [-0.1, -0.05) is 80.1 Å². The van der Waals surface area contributed by atoms with Crippen LogP contribution in [0.5, 0.6) is 11.5 Å². The van der Waals surface area contributed by atoms with Crippen LogP contribution in [0, 0.1) is 0 Å². The summed E-state index contributed by atoms with van der Waals surface area (Å²) in [5.74, 6) is 1.59. The smallest absolute Gasteiger partial charge is 0.150 e. The number of rotatable bonds is 12. The summed E-state index contributed by atoms with van der Waals surface area (Å²) in [6.45, 7) is 3.25. The lowest BCUT2D eigenvalue weighted by atomic mass is 10.00. The first-order chi connectivity index (χ1) is 17.2. The molecule has 0 saturated carbocycles. The Morgan fingerprint density at radius 1 is 0.657 bits per heavy atom. The fourth-order valence-corrected chi connectivity index (χ4v) is 3.95. The summed E-state index contributed by atoms with van der Waals surface area (Å²) in [5.41, 5.74) is 6.38. The molecule has 0 atom stereocenters. The Morgan fingerprint density at radius 3 is 1.94 bits per heavy atom. The Morgan fingerprint density at radius 2 is 1.26 bits per heavy atom. The second kappa shape index (κ2) is 12.6. The molecule has 0 aliphatic heterocycles. The van der Waals surface area contributed by atoms with Crippen molar-refractivity contribution in [3.63, 3.8) is 0 Å². The van der Waals surface area contributed by atoms with E-state index in [1.165, 1.54) is 18.4 Å². The lowest BCUT2D eigenvalue weighted by Crippen LogP contribution is -2.00. The average Bonchev–Trinajstić information content (AvgIpc) is 2.91. The van der Waals surface area contributed by atoms with Gasteiger partial charge >= 0.3 is 0 Å². The number of ether oxygens (including phenoxy) is 2. The molecule has 35 heavy (non-hydrogen) atoms. The van der Waals surface area contributed by atoms with Crippen LogP contribution >= 0.6 is 0 Å². The summed E-state index contributed by atoms with van der Waals surface area (Å²) in [6, 6.07) is 32.5. The van der Waals surface area contributed by atoms with Crippen molar-refractivity contribution in [3.05, 3.63) is 130 Å². The summed E-state index contributed by atoms with van der Waals surface area (Å²) in [7, 11) is 0. The van der Waals surface area contributed by atoms with Crippen LogP contribution < -0.4 is 9.47 Å². The van der Waals surface area contributed by atoms with Gasteiger partial charge in [0.1, 0.15) is 31.0 Å². The molecule has 0 saturated heterocycles. The molecule has 0 aliphatic carbocycles. The highest BCUT2D eigenvalue weighted by molar-refractivity contribution is 5.78. The summed E-state index contributed by atoms with van der Waals surface area (Å²) in [5, 5.41) is 0. The Labute approximate surface area is 208 Å². The molecular formula is C32H32O3. The molecule has 0 radical (unpaired) electrons. The second-order valence-electron chi connectivity index (χ2n) is 8.78. The lowest BCUT2D eigenvalue weighted by Gasteiger charge is -2.12. The molecule has 0 amide bonds. The van der Waals surface area contributed by atoms with Gasteiger partial charge < -0.3 is 9.47 Å². The maximum atomic E-state index is 11.6. The zero-order chi connectivity index (χ0) is 24.3. The molecule has 4 aromatic rings. The number of benzene rings is 4. The van der Waals surface area contributed by atoms with Crippen molar-refractivity contribution in [2.45, 2.75) is 45.8 Å².